The molecule has 30 heavy (non-hydrogen) atoms. The van der Waals surface area contributed by atoms with E-state index in [1.54, 1.807) is 42.3 Å². The molecule has 9 heteroatoms. The van der Waals surface area contributed by atoms with Crippen molar-refractivity contribution in [2.45, 2.75) is 26.1 Å². The Morgan fingerprint density at radius 3 is 2.73 bits per heavy atom. The number of nitrogens with zero attached hydrogens (tertiary/aromatic N) is 4. The van der Waals surface area contributed by atoms with Crippen molar-refractivity contribution in [1.82, 2.24) is 19.7 Å². The SMILES string of the molecule is Cc1cc(C(C)N2CC3=C(C=C=CC=C3Cl)C2=O)cnc1-n1cc(C(F)(F)F)cn1. The second-order valence-corrected chi connectivity index (χ2v) is 7.48. The normalized spacial score (nSPS) is 17.3. The van der Waals surface area contributed by atoms with Crippen molar-refractivity contribution in [3.63, 3.8) is 0 Å². The molecular formula is C21H16ClF3N4O. The number of alkyl halides is 3. The van der Waals surface area contributed by atoms with E-state index in [1.165, 1.54) is 0 Å². The van der Waals surface area contributed by atoms with Gasteiger partial charge in [-0.25, -0.2) is 9.67 Å². The number of allylic oxidation sites excluding steroid dienone is 1. The summed E-state index contributed by atoms with van der Waals surface area (Å²) in [4.78, 5) is 18.9. The van der Waals surface area contributed by atoms with Gasteiger partial charge in [0.15, 0.2) is 5.82 Å². The highest BCUT2D eigenvalue weighted by molar-refractivity contribution is 6.33. The summed E-state index contributed by atoms with van der Waals surface area (Å²) in [7, 11) is 0. The minimum atomic E-state index is -4.47. The first-order valence-corrected chi connectivity index (χ1v) is 9.46. The highest BCUT2D eigenvalue weighted by atomic mass is 35.5. The average Bonchev–Trinajstić information content (AvgIpc) is 3.25. The van der Waals surface area contributed by atoms with Crippen LogP contribution in [0.1, 0.15) is 29.7 Å². The summed E-state index contributed by atoms with van der Waals surface area (Å²) in [6.07, 6.45) is 3.72. The van der Waals surface area contributed by atoms with Gasteiger partial charge in [-0.3, -0.25) is 4.79 Å². The second kappa shape index (κ2) is 7.31. The van der Waals surface area contributed by atoms with Crippen LogP contribution in [-0.4, -0.2) is 32.1 Å². The molecule has 2 aromatic heterocycles. The Bertz CT molecular complexity index is 1170. The molecule has 2 aromatic rings. The molecule has 4 rings (SSSR count). The Morgan fingerprint density at radius 1 is 1.30 bits per heavy atom. The molecule has 0 radical (unpaired) electrons. The van der Waals surface area contributed by atoms with Gasteiger partial charge >= 0.3 is 6.18 Å². The van der Waals surface area contributed by atoms with Crippen LogP contribution in [0, 0.1) is 6.92 Å². The van der Waals surface area contributed by atoms with Gasteiger partial charge in [-0.15, -0.1) is 5.73 Å². The first-order valence-electron chi connectivity index (χ1n) is 9.08. The van der Waals surface area contributed by atoms with Crippen LogP contribution in [0.15, 0.2) is 64.8 Å². The third kappa shape index (κ3) is 3.49. The first-order chi connectivity index (χ1) is 14.2. The maximum atomic E-state index is 12.9. The summed E-state index contributed by atoms with van der Waals surface area (Å²) in [6, 6.07) is 1.49. The number of carbonyl (C=O) groups is 1. The van der Waals surface area contributed by atoms with Crippen molar-refractivity contribution in [2.24, 2.45) is 0 Å². The molecule has 0 spiro atoms. The summed E-state index contributed by atoms with van der Waals surface area (Å²) in [5.74, 6) is 0.137. The number of amides is 1. The van der Waals surface area contributed by atoms with Crippen LogP contribution >= 0.6 is 11.6 Å². The topological polar surface area (TPSA) is 51.0 Å². The molecule has 0 saturated heterocycles. The van der Waals surface area contributed by atoms with E-state index in [2.05, 4.69) is 15.8 Å². The number of hydrogen-bond acceptors (Lipinski definition) is 3. The second-order valence-electron chi connectivity index (χ2n) is 7.07. The van der Waals surface area contributed by atoms with E-state index in [0.29, 0.717) is 28.5 Å². The standard InChI is InChI=1S/C21H16ClF3N4O/c1-12-7-14(8-26-19(12)29-10-15(9-27-29)21(23,24)25)13(2)28-11-17-16(20(28)30)5-3-4-6-18(17)22/h4-10,13H,11H2,1-2H3. The van der Waals surface area contributed by atoms with Gasteiger partial charge in [-0.1, -0.05) is 11.6 Å². The smallest absolute Gasteiger partial charge is 0.327 e. The number of carbonyl (C=O) groups excluding carboxylic acids is 1. The molecule has 1 amide bonds. The maximum Gasteiger partial charge on any atom is 0.419 e. The van der Waals surface area contributed by atoms with Gasteiger partial charge < -0.3 is 4.90 Å². The number of aryl methyl sites for hydroxylation is 1. The summed E-state index contributed by atoms with van der Waals surface area (Å²) >= 11 is 6.28. The zero-order valence-corrected chi connectivity index (χ0v) is 16.8. The van der Waals surface area contributed by atoms with E-state index < -0.39 is 11.7 Å². The lowest BCUT2D eigenvalue weighted by molar-refractivity contribution is -0.137. The largest absolute Gasteiger partial charge is 0.419 e. The van der Waals surface area contributed by atoms with Crippen LogP contribution in [0.5, 0.6) is 0 Å². The average molecular weight is 433 g/mol. The molecule has 0 fully saturated rings. The fourth-order valence-corrected chi connectivity index (χ4v) is 3.68. The number of halogens is 4. The fourth-order valence-electron chi connectivity index (χ4n) is 3.45. The van der Waals surface area contributed by atoms with Gasteiger partial charge in [0, 0.05) is 29.5 Å². The van der Waals surface area contributed by atoms with Crippen molar-refractivity contribution in [3.8, 4) is 5.82 Å². The minimum Gasteiger partial charge on any atom is -0.327 e. The van der Waals surface area contributed by atoms with Crippen LogP contribution in [-0.2, 0) is 11.0 Å². The van der Waals surface area contributed by atoms with Crippen molar-refractivity contribution in [1.29, 1.82) is 0 Å². The van der Waals surface area contributed by atoms with Crippen LogP contribution in [0.2, 0.25) is 0 Å². The zero-order valence-electron chi connectivity index (χ0n) is 16.0. The van der Waals surface area contributed by atoms with E-state index in [4.69, 9.17) is 11.6 Å². The lowest BCUT2D eigenvalue weighted by atomic mass is 10.1. The molecule has 0 bridgehead atoms. The summed E-state index contributed by atoms with van der Waals surface area (Å²) in [5, 5.41) is 4.27. The molecule has 1 unspecified atom stereocenters. The van der Waals surface area contributed by atoms with Crippen LogP contribution < -0.4 is 0 Å². The number of rotatable bonds is 3. The molecule has 1 aliphatic carbocycles. The minimum absolute atomic E-state index is 0.157. The third-order valence-electron chi connectivity index (χ3n) is 5.14. The van der Waals surface area contributed by atoms with Crippen molar-refractivity contribution in [2.75, 3.05) is 6.54 Å². The Kier molecular flexibility index (Phi) is 4.92. The van der Waals surface area contributed by atoms with Gasteiger partial charge in [0.25, 0.3) is 5.91 Å². The van der Waals surface area contributed by atoms with Gasteiger partial charge in [0.1, 0.15) is 0 Å². The summed E-state index contributed by atoms with van der Waals surface area (Å²) in [6.45, 7) is 3.96. The van der Waals surface area contributed by atoms with E-state index in [9.17, 15) is 18.0 Å². The third-order valence-corrected chi connectivity index (χ3v) is 5.49. The van der Waals surface area contributed by atoms with E-state index in [1.807, 2.05) is 6.92 Å². The molecule has 2 aliphatic rings. The van der Waals surface area contributed by atoms with Crippen molar-refractivity contribution >= 4 is 17.5 Å². The molecule has 154 valence electrons. The molecule has 3 heterocycles. The highest BCUT2D eigenvalue weighted by Gasteiger charge is 2.35. The molecular weight excluding hydrogens is 417 g/mol. The quantitative estimate of drug-likeness (QED) is 0.664. The summed E-state index contributed by atoms with van der Waals surface area (Å²) in [5.41, 5.74) is 4.71. The zero-order chi connectivity index (χ0) is 21.6. The first kappa shape index (κ1) is 20.2. The molecule has 0 N–H and O–H groups in total. The Hall–Kier alpha value is -3.09. The molecule has 5 nitrogen and oxygen atoms in total. The Balaban J connectivity index is 1.60. The molecule has 0 aromatic carbocycles. The van der Waals surface area contributed by atoms with Crippen LogP contribution in [0.4, 0.5) is 13.2 Å². The van der Waals surface area contributed by atoms with E-state index in [0.717, 1.165) is 28.2 Å². The van der Waals surface area contributed by atoms with Gasteiger partial charge in [-0.2, -0.15) is 18.3 Å². The fraction of sp³-hybridized carbons (Fsp3) is 0.238. The summed E-state index contributed by atoms with van der Waals surface area (Å²) < 4.78 is 39.6. The lowest BCUT2D eigenvalue weighted by Crippen LogP contribution is -2.30. The number of hydrogen-bond donors (Lipinski definition) is 0. The predicted octanol–water partition coefficient (Wildman–Crippen LogP) is 4.64. The Labute approximate surface area is 175 Å². The number of aromatic nitrogens is 3. The molecule has 1 aliphatic heterocycles. The van der Waals surface area contributed by atoms with Crippen LogP contribution in [0.3, 0.4) is 0 Å². The van der Waals surface area contributed by atoms with E-state index in [-0.39, 0.29) is 11.9 Å². The Morgan fingerprint density at radius 2 is 2.07 bits per heavy atom. The maximum absolute atomic E-state index is 12.9. The predicted molar refractivity (Wildman–Crippen MR) is 105 cm³/mol. The van der Waals surface area contributed by atoms with Crippen molar-refractivity contribution in [3.05, 3.63) is 81.5 Å². The van der Waals surface area contributed by atoms with Gasteiger partial charge in [0.05, 0.1) is 23.4 Å². The lowest BCUT2D eigenvalue weighted by Gasteiger charge is -2.26. The van der Waals surface area contributed by atoms with Gasteiger partial charge in [0.2, 0.25) is 0 Å². The molecule has 1 atom stereocenters. The van der Waals surface area contributed by atoms with Gasteiger partial charge in [-0.05, 0) is 49.3 Å². The van der Waals surface area contributed by atoms with E-state index >= 15 is 0 Å². The molecule has 0 saturated carbocycles. The monoisotopic (exact) mass is 432 g/mol. The number of pyridine rings is 1. The van der Waals surface area contributed by atoms with Crippen LogP contribution in [0.25, 0.3) is 5.82 Å². The van der Waals surface area contributed by atoms with Crippen molar-refractivity contribution < 1.29 is 18.0 Å². The highest BCUT2D eigenvalue weighted by Crippen LogP contribution is 2.35.